The fourth-order valence-corrected chi connectivity index (χ4v) is 3.61. The van der Waals surface area contributed by atoms with Crippen LogP contribution in [0.25, 0.3) is 5.76 Å². The number of fused-ring (bicyclic) bond motifs is 1. The minimum atomic E-state index is -0.501. The summed E-state index contributed by atoms with van der Waals surface area (Å²) < 4.78 is 0. The number of benzene rings is 3. The lowest BCUT2D eigenvalue weighted by Crippen LogP contribution is -2.14. The number of aliphatic hydroxyl groups excluding tert-OH is 1. The van der Waals surface area contributed by atoms with Gasteiger partial charge in [0.05, 0.1) is 5.57 Å². The summed E-state index contributed by atoms with van der Waals surface area (Å²) in [4.78, 5) is 25.9. The van der Waals surface area contributed by atoms with Crippen LogP contribution in [0.5, 0.6) is 0 Å². The molecule has 0 spiro atoms. The molecule has 0 saturated carbocycles. The lowest BCUT2D eigenvalue weighted by atomic mass is 9.84. The van der Waals surface area contributed by atoms with Crippen molar-refractivity contribution in [2.75, 3.05) is 0 Å². The van der Waals surface area contributed by atoms with Crippen molar-refractivity contribution >= 4 is 17.3 Å². The normalized spacial score (nSPS) is 14.1. The molecule has 1 atom stereocenters. The molecule has 0 aromatic heterocycles. The number of hydrogen-bond acceptors (Lipinski definition) is 3. The van der Waals surface area contributed by atoms with Crippen LogP contribution in [0.1, 0.15) is 44.2 Å². The summed E-state index contributed by atoms with van der Waals surface area (Å²) >= 11 is 0. The zero-order valence-corrected chi connectivity index (χ0v) is 14.6. The fourth-order valence-electron chi connectivity index (χ4n) is 3.61. The summed E-state index contributed by atoms with van der Waals surface area (Å²) in [5.41, 5.74) is 2.75. The summed E-state index contributed by atoms with van der Waals surface area (Å²) in [5.74, 6) is -0.796. The third-order valence-electron chi connectivity index (χ3n) is 4.96. The maximum Gasteiger partial charge on any atom is 0.194 e. The van der Waals surface area contributed by atoms with Gasteiger partial charge in [-0.25, -0.2) is 0 Å². The van der Waals surface area contributed by atoms with E-state index in [9.17, 15) is 14.7 Å². The maximum absolute atomic E-state index is 13.0. The van der Waals surface area contributed by atoms with E-state index < -0.39 is 5.92 Å². The molecule has 0 fully saturated rings. The molecule has 0 saturated heterocycles. The number of carbonyl (C=O) groups is 2. The number of Topliss-reactive ketones (excluding diaryl/α,β-unsaturated/α-hetero) is 2. The first-order valence-corrected chi connectivity index (χ1v) is 8.87. The SMILES string of the molecule is O=C(CC(C1=C(O)c2ccccc2C1=O)c1ccccc1)c1ccccc1. The Morgan fingerprint density at radius 2 is 1.33 bits per heavy atom. The lowest BCUT2D eigenvalue weighted by molar-refractivity contribution is 0.0972. The van der Waals surface area contributed by atoms with Crippen LogP contribution >= 0.6 is 0 Å². The van der Waals surface area contributed by atoms with Crippen molar-refractivity contribution in [3.05, 3.63) is 113 Å². The fraction of sp³-hybridized carbons (Fsp3) is 0.0833. The molecule has 0 aliphatic heterocycles. The van der Waals surface area contributed by atoms with E-state index in [4.69, 9.17) is 0 Å². The Labute approximate surface area is 157 Å². The molecular weight excluding hydrogens is 336 g/mol. The number of allylic oxidation sites excluding steroid dienone is 1. The molecule has 27 heavy (non-hydrogen) atoms. The zero-order chi connectivity index (χ0) is 18.8. The van der Waals surface area contributed by atoms with E-state index in [0.717, 1.165) is 5.56 Å². The van der Waals surface area contributed by atoms with Crippen LogP contribution in [0, 0.1) is 0 Å². The molecule has 132 valence electrons. The Morgan fingerprint density at radius 1 is 0.778 bits per heavy atom. The number of ketones is 2. The smallest absolute Gasteiger partial charge is 0.194 e. The topological polar surface area (TPSA) is 54.4 Å². The largest absolute Gasteiger partial charge is 0.507 e. The molecule has 4 rings (SSSR count). The first-order valence-electron chi connectivity index (χ1n) is 8.87. The highest BCUT2D eigenvalue weighted by Crippen LogP contribution is 2.41. The van der Waals surface area contributed by atoms with Crippen LogP contribution in [0.15, 0.2) is 90.5 Å². The number of carbonyl (C=O) groups excluding carboxylic acids is 2. The van der Waals surface area contributed by atoms with Crippen LogP contribution < -0.4 is 0 Å². The van der Waals surface area contributed by atoms with Gasteiger partial charge in [-0.1, -0.05) is 84.9 Å². The molecule has 3 aromatic carbocycles. The van der Waals surface area contributed by atoms with Crippen LogP contribution in [0.4, 0.5) is 0 Å². The van der Waals surface area contributed by atoms with Gasteiger partial charge in [0, 0.05) is 29.0 Å². The van der Waals surface area contributed by atoms with Crippen LogP contribution in [0.2, 0.25) is 0 Å². The van der Waals surface area contributed by atoms with Gasteiger partial charge in [0.1, 0.15) is 5.76 Å². The minimum absolute atomic E-state index is 0.0229. The van der Waals surface area contributed by atoms with E-state index in [1.807, 2.05) is 48.5 Å². The average molecular weight is 354 g/mol. The molecule has 3 heteroatoms. The lowest BCUT2D eigenvalue weighted by Gasteiger charge is -2.18. The highest BCUT2D eigenvalue weighted by atomic mass is 16.3. The van der Waals surface area contributed by atoms with E-state index >= 15 is 0 Å². The van der Waals surface area contributed by atoms with Gasteiger partial charge in [-0.15, -0.1) is 0 Å². The Morgan fingerprint density at radius 3 is 1.96 bits per heavy atom. The molecule has 1 N–H and O–H groups in total. The summed E-state index contributed by atoms with van der Waals surface area (Å²) in [6, 6.07) is 25.5. The molecule has 3 nitrogen and oxygen atoms in total. The second kappa shape index (κ2) is 7.04. The van der Waals surface area contributed by atoms with E-state index in [2.05, 4.69) is 0 Å². The first-order chi connectivity index (χ1) is 13.2. The minimum Gasteiger partial charge on any atom is -0.507 e. The molecule has 0 bridgehead atoms. The van der Waals surface area contributed by atoms with Crippen molar-refractivity contribution in [3.8, 4) is 0 Å². The second-order valence-electron chi connectivity index (χ2n) is 6.59. The summed E-state index contributed by atoms with van der Waals surface area (Å²) in [7, 11) is 0. The van der Waals surface area contributed by atoms with E-state index in [0.29, 0.717) is 22.3 Å². The molecular formula is C24H18O3. The van der Waals surface area contributed by atoms with Crippen molar-refractivity contribution in [2.45, 2.75) is 12.3 Å². The van der Waals surface area contributed by atoms with Gasteiger partial charge in [0.25, 0.3) is 0 Å². The molecule has 0 heterocycles. The summed E-state index contributed by atoms with van der Waals surface area (Å²) in [6.07, 6.45) is 0.118. The van der Waals surface area contributed by atoms with Crippen molar-refractivity contribution in [1.29, 1.82) is 0 Å². The predicted octanol–water partition coefficient (Wildman–Crippen LogP) is 5.21. The molecule has 0 radical (unpaired) electrons. The second-order valence-corrected chi connectivity index (χ2v) is 6.59. The Hall–Kier alpha value is -3.46. The molecule has 1 unspecified atom stereocenters. The third-order valence-corrected chi connectivity index (χ3v) is 4.96. The summed E-state index contributed by atoms with van der Waals surface area (Å²) in [5, 5.41) is 10.8. The average Bonchev–Trinajstić information content (AvgIpc) is 2.98. The van der Waals surface area contributed by atoms with Gasteiger partial charge in [0.15, 0.2) is 11.6 Å². The number of hydrogen-bond donors (Lipinski definition) is 1. The molecule has 1 aliphatic rings. The van der Waals surface area contributed by atoms with Crippen LogP contribution in [0.3, 0.4) is 0 Å². The van der Waals surface area contributed by atoms with Gasteiger partial charge in [0.2, 0.25) is 0 Å². The zero-order valence-electron chi connectivity index (χ0n) is 14.6. The van der Waals surface area contributed by atoms with Gasteiger partial charge < -0.3 is 5.11 Å². The van der Waals surface area contributed by atoms with Gasteiger partial charge in [-0.2, -0.15) is 0 Å². The van der Waals surface area contributed by atoms with E-state index in [1.165, 1.54) is 0 Å². The van der Waals surface area contributed by atoms with Crippen molar-refractivity contribution in [1.82, 2.24) is 0 Å². The monoisotopic (exact) mass is 354 g/mol. The molecule has 1 aliphatic carbocycles. The highest BCUT2D eigenvalue weighted by Gasteiger charge is 2.36. The number of aliphatic hydroxyl groups is 1. The molecule has 3 aromatic rings. The highest BCUT2D eigenvalue weighted by molar-refractivity contribution is 6.20. The van der Waals surface area contributed by atoms with Crippen LogP contribution in [-0.4, -0.2) is 16.7 Å². The standard InChI is InChI=1S/C24H18O3/c25-21(17-11-5-2-6-12-17)15-20(16-9-3-1-4-10-16)22-23(26)18-13-7-8-14-19(18)24(22)27/h1-14,20,26H,15H2. The first kappa shape index (κ1) is 17.0. The Kier molecular flexibility index (Phi) is 4.43. The third kappa shape index (κ3) is 3.08. The van der Waals surface area contributed by atoms with Crippen molar-refractivity contribution in [2.24, 2.45) is 0 Å². The van der Waals surface area contributed by atoms with Gasteiger partial charge >= 0.3 is 0 Å². The maximum atomic E-state index is 13.0. The number of rotatable bonds is 5. The quantitative estimate of drug-likeness (QED) is 0.640. The predicted molar refractivity (Wildman–Crippen MR) is 105 cm³/mol. The molecule has 0 amide bonds. The van der Waals surface area contributed by atoms with Crippen molar-refractivity contribution < 1.29 is 14.7 Å². The van der Waals surface area contributed by atoms with Crippen molar-refractivity contribution in [3.63, 3.8) is 0 Å². The Bertz CT molecular complexity index is 1030. The van der Waals surface area contributed by atoms with Gasteiger partial charge in [-0.3, -0.25) is 9.59 Å². The van der Waals surface area contributed by atoms with Crippen LogP contribution in [-0.2, 0) is 0 Å². The van der Waals surface area contributed by atoms with E-state index in [1.54, 1.807) is 36.4 Å². The van der Waals surface area contributed by atoms with E-state index in [-0.39, 0.29) is 23.7 Å². The Balaban J connectivity index is 1.77. The summed E-state index contributed by atoms with van der Waals surface area (Å²) in [6.45, 7) is 0. The van der Waals surface area contributed by atoms with Gasteiger partial charge in [-0.05, 0) is 5.56 Å².